The van der Waals surface area contributed by atoms with Gasteiger partial charge in [-0.3, -0.25) is 4.79 Å². The van der Waals surface area contributed by atoms with Crippen LogP contribution < -0.4 is 5.32 Å². The van der Waals surface area contributed by atoms with Crippen molar-refractivity contribution in [2.45, 2.75) is 19.3 Å². The first-order valence-corrected chi connectivity index (χ1v) is 9.57. The first kappa shape index (κ1) is 17.3. The lowest BCUT2D eigenvalue weighted by Crippen LogP contribution is -2.25. The van der Waals surface area contributed by atoms with E-state index in [0.717, 1.165) is 27.9 Å². The Morgan fingerprint density at radius 3 is 2.79 bits per heavy atom. The molecule has 2 aromatic heterocycles. The number of carbonyl (C=O) groups excluding carboxylic acids is 1. The van der Waals surface area contributed by atoms with E-state index in [4.69, 9.17) is 23.2 Å². The second kappa shape index (κ2) is 6.36. The highest BCUT2D eigenvalue weighted by molar-refractivity contribution is 6.42. The van der Waals surface area contributed by atoms with E-state index in [1.165, 1.54) is 0 Å². The van der Waals surface area contributed by atoms with E-state index in [2.05, 4.69) is 20.4 Å². The number of aromatic nitrogens is 4. The molecule has 0 saturated carbocycles. The molecule has 0 radical (unpaired) electrons. The number of fused-ring (bicyclic) bond motifs is 2. The van der Waals surface area contributed by atoms with Crippen LogP contribution in [0.1, 0.15) is 29.2 Å². The van der Waals surface area contributed by atoms with E-state index in [1.807, 2.05) is 43.3 Å². The molecule has 1 aliphatic rings. The Morgan fingerprint density at radius 1 is 1.14 bits per heavy atom. The fourth-order valence-corrected chi connectivity index (χ4v) is 4.23. The lowest BCUT2D eigenvalue weighted by molar-refractivity contribution is -0.116. The molecule has 8 heteroatoms. The number of anilines is 1. The number of hydrogen-bond acceptors (Lipinski definition) is 3. The molecule has 1 atom stereocenters. The zero-order valence-electron chi connectivity index (χ0n) is 14.8. The van der Waals surface area contributed by atoms with E-state index < -0.39 is 0 Å². The summed E-state index contributed by atoms with van der Waals surface area (Å²) in [4.78, 5) is 20.4. The molecule has 0 saturated heterocycles. The molecular formula is C20H15Cl2N5O. The number of imidazole rings is 1. The van der Waals surface area contributed by atoms with E-state index in [1.54, 1.807) is 10.7 Å². The molecular weight excluding hydrogens is 397 g/mol. The van der Waals surface area contributed by atoms with Crippen molar-refractivity contribution >= 4 is 46.0 Å². The zero-order valence-corrected chi connectivity index (χ0v) is 16.3. The van der Waals surface area contributed by atoms with Crippen LogP contribution in [0.5, 0.6) is 0 Å². The number of H-pyrrole nitrogens is 1. The predicted molar refractivity (Wildman–Crippen MR) is 110 cm³/mol. The Labute approximate surface area is 170 Å². The van der Waals surface area contributed by atoms with Gasteiger partial charge in [-0.25, -0.2) is 4.98 Å². The third-order valence-electron chi connectivity index (χ3n) is 5.04. The molecule has 4 aromatic rings. The quantitative estimate of drug-likeness (QED) is 0.495. The second-order valence-electron chi connectivity index (χ2n) is 6.78. The number of carbonyl (C=O) groups is 1. The van der Waals surface area contributed by atoms with Gasteiger partial charge in [0.1, 0.15) is 5.82 Å². The second-order valence-corrected chi connectivity index (χ2v) is 7.57. The molecule has 1 aliphatic heterocycles. The van der Waals surface area contributed by atoms with Gasteiger partial charge in [0.25, 0.3) is 0 Å². The number of aromatic amines is 1. The predicted octanol–water partition coefficient (Wildman–Crippen LogP) is 4.84. The van der Waals surface area contributed by atoms with Crippen LogP contribution in [0.3, 0.4) is 0 Å². The van der Waals surface area contributed by atoms with Crippen LogP contribution in [0.25, 0.3) is 17.0 Å². The average molecular weight is 412 g/mol. The van der Waals surface area contributed by atoms with Crippen LogP contribution in [-0.4, -0.2) is 25.7 Å². The number of halogens is 2. The lowest BCUT2D eigenvalue weighted by atomic mass is 9.86. The van der Waals surface area contributed by atoms with Crippen LogP contribution in [0, 0.1) is 6.92 Å². The van der Waals surface area contributed by atoms with Gasteiger partial charge in [0, 0.05) is 17.9 Å². The summed E-state index contributed by atoms with van der Waals surface area (Å²) in [5.41, 5.74) is 4.27. The summed E-state index contributed by atoms with van der Waals surface area (Å²) < 4.78 is 1.65. The number of amides is 1. The van der Waals surface area contributed by atoms with Crippen LogP contribution in [0.4, 0.5) is 5.82 Å². The van der Waals surface area contributed by atoms with Gasteiger partial charge in [0.05, 0.1) is 26.8 Å². The molecule has 2 aromatic carbocycles. The van der Waals surface area contributed by atoms with Crippen LogP contribution in [0.2, 0.25) is 10.0 Å². The summed E-state index contributed by atoms with van der Waals surface area (Å²) in [6, 6.07) is 13.2. The highest BCUT2D eigenvalue weighted by atomic mass is 35.5. The summed E-state index contributed by atoms with van der Waals surface area (Å²) in [6.07, 6.45) is 0.278. The standard InChI is InChI=1S/C20H15Cl2N5O/c1-10-17-12(11-5-4-6-13(21)18(11)22)9-16(28)25-19(17)27(26-10)20-23-14-7-2-3-8-15(14)24-20/h2-8,12H,9H2,1H3,(H,23,24)(H,25,28). The number of benzene rings is 2. The summed E-state index contributed by atoms with van der Waals surface area (Å²) in [7, 11) is 0. The Kier molecular flexibility index (Phi) is 3.92. The normalized spacial score (nSPS) is 16.2. The maximum atomic E-state index is 12.5. The largest absolute Gasteiger partial charge is 0.322 e. The minimum absolute atomic E-state index is 0.106. The van der Waals surface area contributed by atoms with Crippen molar-refractivity contribution in [1.29, 1.82) is 0 Å². The van der Waals surface area contributed by atoms with Gasteiger partial charge in [-0.05, 0) is 30.7 Å². The number of aryl methyl sites for hydroxylation is 1. The molecule has 5 rings (SSSR count). The Balaban J connectivity index is 1.70. The highest BCUT2D eigenvalue weighted by Gasteiger charge is 2.34. The van der Waals surface area contributed by atoms with Crippen LogP contribution in [-0.2, 0) is 4.79 Å². The molecule has 1 amide bonds. The topological polar surface area (TPSA) is 75.6 Å². The van der Waals surface area contributed by atoms with Crippen molar-refractivity contribution in [3.05, 3.63) is 69.3 Å². The van der Waals surface area contributed by atoms with Crippen molar-refractivity contribution in [2.24, 2.45) is 0 Å². The average Bonchev–Trinajstić information content (AvgIpc) is 3.24. The van der Waals surface area contributed by atoms with Crippen LogP contribution >= 0.6 is 23.2 Å². The van der Waals surface area contributed by atoms with Crippen molar-refractivity contribution in [1.82, 2.24) is 19.7 Å². The number of para-hydroxylation sites is 2. The first-order chi connectivity index (χ1) is 13.5. The molecule has 140 valence electrons. The summed E-state index contributed by atoms with van der Waals surface area (Å²) in [5, 5.41) is 8.53. The van der Waals surface area contributed by atoms with E-state index in [9.17, 15) is 4.79 Å². The molecule has 0 spiro atoms. The van der Waals surface area contributed by atoms with Crippen molar-refractivity contribution in [3.8, 4) is 5.95 Å². The maximum Gasteiger partial charge on any atom is 0.231 e. The minimum atomic E-state index is -0.229. The Morgan fingerprint density at radius 2 is 1.96 bits per heavy atom. The summed E-state index contributed by atoms with van der Waals surface area (Å²) >= 11 is 12.7. The SMILES string of the molecule is Cc1nn(-c2nc3ccccc3[nH]2)c2c1C(c1cccc(Cl)c1Cl)CC(=O)N2. The van der Waals surface area contributed by atoms with Gasteiger partial charge in [-0.2, -0.15) is 9.78 Å². The van der Waals surface area contributed by atoms with Gasteiger partial charge in [0.15, 0.2) is 0 Å². The molecule has 0 aliphatic carbocycles. The zero-order chi connectivity index (χ0) is 19.4. The highest BCUT2D eigenvalue weighted by Crippen LogP contribution is 2.43. The fraction of sp³-hybridized carbons (Fsp3) is 0.150. The number of nitrogens with one attached hydrogen (secondary N) is 2. The van der Waals surface area contributed by atoms with Gasteiger partial charge < -0.3 is 10.3 Å². The lowest BCUT2D eigenvalue weighted by Gasteiger charge is -2.25. The van der Waals surface area contributed by atoms with Gasteiger partial charge in [0.2, 0.25) is 11.9 Å². The van der Waals surface area contributed by atoms with Gasteiger partial charge in [-0.1, -0.05) is 47.5 Å². The number of rotatable bonds is 2. The van der Waals surface area contributed by atoms with Crippen molar-refractivity contribution < 1.29 is 4.79 Å². The first-order valence-electron chi connectivity index (χ1n) is 8.81. The molecule has 3 heterocycles. The van der Waals surface area contributed by atoms with Crippen molar-refractivity contribution in [2.75, 3.05) is 5.32 Å². The maximum absolute atomic E-state index is 12.5. The van der Waals surface area contributed by atoms with Crippen molar-refractivity contribution in [3.63, 3.8) is 0 Å². The third-order valence-corrected chi connectivity index (χ3v) is 5.87. The Bertz CT molecular complexity index is 1210. The monoisotopic (exact) mass is 411 g/mol. The molecule has 2 N–H and O–H groups in total. The molecule has 1 unspecified atom stereocenters. The molecule has 6 nitrogen and oxygen atoms in total. The third kappa shape index (κ3) is 2.60. The van der Waals surface area contributed by atoms with E-state index >= 15 is 0 Å². The van der Waals surface area contributed by atoms with E-state index in [-0.39, 0.29) is 18.2 Å². The van der Waals surface area contributed by atoms with Crippen LogP contribution in [0.15, 0.2) is 42.5 Å². The minimum Gasteiger partial charge on any atom is -0.322 e. The smallest absolute Gasteiger partial charge is 0.231 e. The molecule has 28 heavy (non-hydrogen) atoms. The van der Waals surface area contributed by atoms with E-state index in [0.29, 0.717) is 21.8 Å². The summed E-state index contributed by atoms with van der Waals surface area (Å²) in [6.45, 7) is 1.92. The fourth-order valence-electron chi connectivity index (χ4n) is 3.80. The number of nitrogens with zero attached hydrogens (tertiary/aromatic N) is 3. The molecule has 0 fully saturated rings. The molecule has 0 bridgehead atoms. The van der Waals surface area contributed by atoms with Gasteiger partial charge in [-0.15, -0.1) is 0 Å². The van der Waals surface area contributed by atoms with Gasteiger partial charge >= 0.3 is 0 Å². The Hall–Kier alpha value is -2.83. The number of hydrogen-bond donors (Lipinski definition) is 2. The summed E-state index contributed by atoms with van der Waals surface area (Å²) in [5.74, 6) is 0.816.